The van der Waals surface area contributed by atoms with Gasteiger partial charge in [-0.25, -0.2) is 18.2 Å². The summed E-state index contributed by atoms with van der Waals surface area (Å²) in [6.45, 7) is 0. The van der Waals surface area contributed by atoms with Gasteiger partial charge in [-0.05, 0) is 29.8 Å². The van der Waals surface area contributed by atoms with E-state index in [1.54, 1.807) is 23.0 Å². The molecule has 0 spiro atoms. The molecule has 2 aromatic carbocycles. The third-order valence-electron chi connectivity index (χ3n) is 3.13. The quantitative estimate of drug-likeness (QED) is 0.805. The molecule has 21 heavy (non-hydrogen) atoms. The van der Waals surface area contributed by atoms with E-state index in [1.165, 1.54) is 6.07 Å². The van der Waals surface area contributed by atoms with Crippen LogP contribution in [0.15, 0.2) is 71.9 Å². The zero-order valence-electron chi connectivity index (χ0n) is 11.0. The normalized spacial score (nSPS) is 11.5. The Morgan fingerprint density at radius 2 is 1.81 bits per heavy atom. The molecule has 1 aromatic heterocycles. The summed E-state index contributed by atoms with van der Waals surface area (Å²) in [5, 5.41) is 9.41. The highest BCUT2D eigenvalue weighted by atomic mass is 32.2. The minimum Gasteiger partial charge on any atom is -0.240 e. The van der Waals surface area contributed by atoms with E-state index in [9.17, 15) is 8.42 Å². The fourth-order valence-electron chi connectivity index (χ4n) is 2.17. The van der Waals surface area contributed by atoms with Crippen LogP contribution in [0.2, 0.25) is 0 Å². The molecule has 6 heteroatoms. The Bertz CT molecular complexity index is 871. The molecule has 0 saturated carbocycles. The van der Waals surface area contributed by atoms with Gasteiger partial charge in [0.25, 0.3) is 0 Å². The standard InChI is InChI=1S/C15H13N3O2S/c16-21(19,20)13-6-3-5-12(11-13)14-7-1-2-8-15(14)18-10-4-9-17-18/h1-11H,(H2,16,19,20). The van der Waals surface area contributed by atoms with Gasteiger partial charge in [-0.2, -0.15) is 5.10 Å². The van der Waals surface area contributed by atoms with Crippen LogP contribution < -0.4 is 5.14 Å². The molecule has 0 fully saturated rings. The molecule has 0 aliphatic rings. The zero-order valence-corrected chi connectivity index (χ0v) is 11.9. The van der Waals surface area contributed by atoms with Gasteiger partial charge in [0, 0.05) is 18.0 Å². The van der Waals surface area contributed by atoms with Crippen LogP contribution in [0.5, 0.6) is 0 Å². The van der Waals surface area contributed by atoms with E-state index >= 15 is 0 Å². The van der Waals surface area contributed by atoms with E-state index in [0.717, 1.165) is 16.8 Å². The number of sulfonamides is 1. The van der Waals surface area contributed by atoms with Gasteiger partial charge in [0.1, 0.15) is 0 Å². The van der Waals surface area contributed by atoms with Crippen LogP contribution in [0.4, 0.5) is 0 Å². The topological polar surface area (TPSA) is 78.0 Å². The molecule has 0 amide bonds. The van der Waals surface area contributed by atoms with Crippen LogP contribution in [0, 0.1) is 0 Å². The van der Waals surface area contributed by atoms with Crippen LogP contribution in [0.1, 0.15) is 0 Å². The second kappa shape index (κ2) is 5.16. The van der Waals surface area contributed by atoms with Crippen molar-refractivity contribution in [1.29, 1.82) is 0 Å². The summed E-state index contributed by atoms with van der Waals surface area (Å²) in [5.74, 6) is 0. The summed E-state index contributed by atoms with van der Waals surface area (Å²) in [7, 11) is -3.72. The molecule has 2 N–H and O–H groups in total. The third kappa shape index (κ3) is 2.72. The molecule has 0 bridgehead atoms. The number of nitrogens with zero attached hydrogens (tertiary/aromatic N) is 2. The zero-order chi connectivity index (χ0) is 14.9. The second-order valence-corrected chi connectivity index (χ2v) is 6.10. The van der Waals surface area contributed by atoms with Crippen molar-refractivity contribution in [1.82, 2.24) is 9.78 Å². The molecule has 0 aliphatic carbocycles. The number of benzene rings is 2. The van der Waals surface area contributed by atoms with Gasteiger partial charge in [-0.3, -0.25) is 0 Å². The molecule has 106 valence electrons. The summed E-state index contributed by atoms with van der Waals surface area (Å²) in [5.41, 5.74) is 2.52. The van der Waals surface area contributed by atoms with Crippen molar-refractivity contribution in [3.8, 4) is 16.8 Å². The van der Waals surface area contributed by atoms with Crippen LogP contribution in [0.3, 0.4) is 0 Å². The number of hydrogen-bond acceptors (Lipinski definition) is 3. The van der Waals surface area contributed by atoms with Crippen LogP contribution >= 0.6 is 0 Å². The van der Waals surface area contributed by atoms with E-state index in [0.29, 0.717) is 0 Å². The maximum Gasteiger partial charge on any atom is 0.238 e. The van der Waals surface area contributed by atoms with E-state index in [4.69, 9.17) is 5.14 Å². The predicted octanol–water partition coefficient (Wildman–Crippen LogP) is 2.19. The highest BCUT2D eigenvalue weighted by Gasteiger charge is 2.11. The predicted molar refractivity (Wildman–Crippen MR) is 80.4 cm³/mol. The fraction of sp³-hybridized carbons (Fsp3) is 0. The summed E-state index contributed by atoms with van der Waals surface area (Å²) in [6.07, 6.45) is 3.53. The van der Waals surface area contributed by atoms with Gasteiger partial charge in [-0.1, -0.05) is 30.3 Å². The molecule has 5 nitrogen and oxygen atoms in total. The lowest BCUT2D eigenvalue weighted by Gasteiger charge is -2.10. The van der Waals surface area contributed by atoms with Gasteiger partial charge in [0.2, 0.25) is 10.0 Å². The van der Waals surface area contributed by atoms with Crippen LogP contribution in [0.25, 0.3) is 16.8 Å². The van der Waals surface area contributed by atoms with Crippen molar-refractivity contribution in [2.45, 2.75) is 4.90 Å². The number of nitrogens with two attached hydrogens (primary N) is 1. The number of para-hydroxylation sites is 1. The van der Waals surface area contributed by atoms with E-state index in [-0.39, 0.29) is 4.90 Å². The first kappa shape index (κ1) is 13.5. The smallest absolute Gasteiger partial charge is 0.238 e. The fourth-order valence-corrected chi connectivity index (χ4v) is 2.73. The first-order chi connectivity index (χ1) is 10.1. The van der Waals surface area contributed by atoms with E-state index in [2.05, 4.69) is 5.10 Å². The van der Waals surface area contributed by atoms with Gasteiger partial charge < -0.3 is 0 Å². The first-order valence-corrected chi connectivity index (χ1v) is 7.82. The summed E-state index contributed by atoms with van der Waals surface area (Å²) in [4.78, 5) is 0.0928. The average molecular weight is 299 g/mol. The van der Waals surface area contributed by atoms with Gasteiger partial charge in [-0.15, -0.1) is 0 Å². The summed E-state index contributed by atoms with van der Waals surface area (Å²) >= 11 is 0. The Kier molecular flexibility index (Phi) is 3.32. The SMILES string of the molecule is NS(=O)(=O)c1cccc(-c2ccccc2-n2cccn2)c1. The minimum absolute atomic E-state index is 0.0928. The highest BCUT2D eigenvalue weighted by Crippen LogP contribution is 2.27. The van der Waals surface area contributed by atoms with E-state index < -0.39 is 10.0 Å². The average Bonchev–Trinajstić information content (AvgIpc) is 3.01. The van der Waals surface area contributed by atoms with Gasteiger partial charge >= 0.3 is 0 Å². The van der Waals surface area contributed by atoms with Crippen molar-refractivity contribution in [2.24, 2.45) is 5.14 Å². The van der Waals surface area contributed by atoms with Crippen LogP contribution in [-0.2, 0) is 10.0 Å². The van der Waals surface area contributed by atoms with Crippen molar-refractivity contribution in [3.63, 3.8) is 0 Å². The lowest BCUT2D eigenvalue weighted by atomic mass is 10.0. The maximum atomic E-state index is 11.5. The summed E-state index contributed by atoms with van der Waals surface area (Å²) in [6, 6.07) is 16.0. The molecule has 0 saturated heterocycles. The third-order valence-corrected chi connectivity index (χ3v) is 4.04. The Morgan fingerprint density at radius 1 is 1.00 bits per heavy atom. The number of primary sulfonamides is 1. The van der Waals surface area contributed by atoms with Crippen LogP contribution in [-0.4, -0.2) is 18.2 Å². The number of rotatable bonds is 3. The second-order valence-electron chi connectivity index (χ2n) is 4.54. The maximum absolute atomic E-state index is 11.5. The van der Waals surface area contributed by atoms with Crippen molar-refractivity contribution >= 4 is 10.0 Å². The molecule has 0 atom stereocenters. The minimum atomic E-state index is -3.72. The number of aromatic nitrogens is 2. The lowest BCUT2D eigenvalue weighted by Crippen LogP contribution is -2.12. The molecule has 0 unspecified atom stereocenters. The first-order valence-electron chi connectivity index (χ1n) is 6.28. The molecule has 3 aromatic rings. The summed E-state index contributed by atoms with van der Waals surface area (Å²) < 4.78 is 24.7. The molecule has 0 radical (unpaired) electrons. The molecule has 1 heterocycles. The van der Waals surface area contributed by atoms with E-state index in [1.807, 2.05) is 42.6 Å². The highest BCUT2D eigenvalue weighted by molar-refractivity contribution is 7.89. The Balaban J connectivity index is 2.18. The molecular weight excluding hydrogens is 286 g/mol. The van der Waals surface area contributed by atoms with Gasteiger partial charge in [0.05, 0.1) is 10.6 Å². The van der Waals surface area contributed by atoms with Crippen molar-refractivity contribution < 1.29 is 8.42 Å². The lowest BCUT2D eigenvalue weighted by molar-refractivity contribution is 0.598. The molecule has 0 aliphatic heterocycles. The Morgan fingerprint density at radius 3 is 2.52 bits per heavy atom. The monoisotopic (exact) mass is 299 g/mol. The van der Waals surface area contributed by atoms with Gasteiger partial charge in [0.15, 0.2) is 0 Å². The van der Waals surface area contributed by atoms with Crippen molar-refractivity contribution in [3.05, 3.63) is 67.0 Å². The van der Waals surface area contributed by atoms with Crippen molar-refractivity contribution in [2.75, 3.05) is 0 Å². The molecule has 3 rings (SSSR count). The molecular formula is C15H13N3O2S. The Labute approximate surface area is 122 Å². The Hall–Kier alpha value is -2.44. The number of hydrogen-bond donors (Lipinski definition) is 1. The largest absolute Gasteiger partial charge is 0.240 e.